The van der Waals surface area contributed by atoms with E-state index in [9.17, 15) is 4.79 Å². The van der Waals surface area contributed by atoms with Crippen LogP contribution in [0.1, 0.15) is 37.6 Å². The topological polar surface area (TPSA) is 49.3 Å². The van der Waals surface area contributed by atoms with E-state index >= 15 is 0 Å². The van der Waals surface area contributed by atoms with Crippen LogP contribution in [0.15, 0.2) is 42.5 Å². The van der Waals surface area contributed by atoms with Gasteiger partial charge in [0.2, 0.25) is 5.91 Å². The van der Waals surface area contributed by atoms with E-state index in [1.54, 1.807) is 6.07 Å². The van der Waals surface area contributed by atoms with Gasteiger partial charge in [0.25, 0.3) is 0 Å². The van der Waals surface area contributed by atoms with E-state index in [0.29, 0.717) is 34.9 Å². The lowest BCUT2D eigenvalue weighted by atomic mass is 10.1. The zero-order valence-electron chi connectivity index (χ0n) is 18.4. The summed E-state index contributed by atoms with van der Waals surface area (Å²) >= 11 is 12.8. The van der Waals surface area contributed by atoms with E-state index in [0.717, 1.165) is 55.9 Å². The minimum absolute atomic E-state index is 0.206. The number of halogens is 2. The lowest BCUT2D eigenvalue weighted by Gasteiger charge is -2.26. The first-order chi connectivity index (χ1) is 15.5. The molecule has 3 aromatic rings. The monoisotopic (exact) mass is 470 g/mol. The van der Waals surface area contributed by atoms with Crippen LogP contribution in [0.3, 0.4) is 0 Å². The van der Waals surface area contributed by atoms with Crippen molar-refractivity contribution in [3.8, 4) is 0 Å². The summed E-state index contributed by atoms with van der Waals surface area (Å²) in [6, 6.07) is 13.9. The van der Waals surface area contributed by atoms with Crippen molar-refractivity contribution in [1.29, 1.82) is 0 Å². The van der Waals surface area contributed by atoms with Crippen molar-refractivity contribution in [2.45, 2.75) is 39.0 Å². The molecule has 1 aromatic heterocycles. The van der Waals surface area contributed by atoms with Crippen LogP contribution in [0, 0.1) is 0 Å². The molecule has 1 aliphatic rings. The van der Waals surface area contributed by atoms with Gasteiger partial charge in [0, 0.05) is 49.4 Å². The number of nitrogens with zero attached hydrogens (tertiary/aromatic N) is 4. The highest BCUT2D eigenvalue weighted by Gasteiger charge is 2.21. The second kappa shape index (κ2) is 10.5. The van der Waals surface area contributed by atoms with Gasteiger partial charge in [-0.1, -0.05) is 60.5 Å². The number of rotatable bonds is 8. The summed E-state index contributed by atoms with van der Waals surface area (Å²) in [6.45, 7) is 5.08. The highest BCUT2D eigenvalue weighted by Crippen LogP contribution is 2.32. The molecular formula is C25H28Cl2N4O. The van der Waals surface area contributed by atoms with Crippen LogP contribution in [-0.4, -0.2) is 47.0 Å². The van der Waals surface area contributed by atoms with E-state index < -0.39 is 0 Å². The molecule has 1 saturated heterocycles. The largest absolute Gasteiger partial charge is 0.355 e. The van der Waals surface area contributed by atoms with Crippen LogP contribution >= 0.6 is 23.2 Å². The minimum atomic E-state index is 0.206. The Balaban J connectivity index is 1.67. The van der Waals surface area contributed by atoms with Gasteiger partial charge in [0.1, 0.15) is 11.6 Å². The number of aromatic nitrogens is 2. The second-order valence-corrected chi connectivity index (χ2v) is 9.00. The highest BCUT2D eigenvalue weighted by atomic mass is 35.5. The van der Waals surface area contributed by atoms with Crippen LogP contribution in [0.25, 0.3) is 10.9 Å². The van der Waals surface area contributed by atoms with Gasteiger partial charge in [-0.2, -0.15) is 0 Å². The van der Waals surface area contributed by atoms with Gasteiger partial charge in [-0.3, -0.25) is 4.79 Å². The quantitative estimate of drug-likeness (QED) is 0.432. The summed E-state index contributed by atoms with van der Waals surface area (Å²) < 4.78 is 0. The molecule has 7 heteroatoms. The standard InChI is InChI=1S/C25H28Cl2N4O/c1-2-22-28-24-20(16-19(26)17-21(24)27)25(29-22)31(14-10-18-8-4-3-5-9-18)15-11-23(32)30-12-6-7-13-30/h3-5,8-9,16-17H,2,6-7,10-15H2,1H3. The Morgan fingerprint density at radius 2 is 1.81 bits per heavy atom. The van der Waals surface area contributed by atoms with Crippen LogP contribution in [0.4, 0.5) is 5.82 Å². The van der Waals surface area contributed by atoms with E-state index in [-0.39, 0.29) is 5.91 Å². The molecule has 32 heavy (non-hydrogen) atoms. The maximum absolute atomic E-state index is 12.8. The van der Waals surface area contributed by atoms with E-state index in [4.69, 9.17) is 28.2 Å². The fourth-order valence-corrected chi connectivity index (χ4v) is 4.71. The third-order valence-corrected chi connectivity index (χ3v) is 6.43. The Bertz CT molecular complexity index is 1080. The van der Waals surface area contributed by atoms with Crippen LogP contribution < -0.4 is 4.90 Å². The molecule has 1 fully saturated rings. The number of amides is 1. The zero-order valence-corrected chi connectivity index (χ0v) is 19.9. The van der Waals surface area contributed by atoms with Gasteiger partial charge in [0.15, 0.2) is 0 Å². The number of hydrogen-bond acceptors (Lipinski definition) is 4. The summed E-state index contributed by atoms with van der Waals surface area (Å²) in [6.07, 6.45) is 4.19. The van der Waals surface area contributed by atoms with Crippen molar-refractivity contribution in [1.82, 2.24) is 14.9 Å². The van der Waals surface area contributed by atoms with Gasteiger partial charge < -0.3 is 9.80 Å². The van der Waals surface area contributed by atoms with E-state index in [2.05, 4.69) is 22.0 Å². The fraction of sp³-hybridized carbons (Fsp3) is 0.400. The van der Waals surface area contributed by atoms with Crippen LogP contribution in [0.5, 0.6) is 0 Å². The summed E-state index contributed by atoms with van der Waals surface area (Å²) in [7, 11) is 0. The predicted octanol–water partition coefficient (Wildman–Crippen LogP) is 5.56. The smallest absolute Gasteiger partial charge is 0.224 e. The van der Waals surface area contributed by atoms with Crippen molar-refractivity contribution >= 4 is 45.8 Å². The Labute approximate surface area is 199 Å². The molecule has 0 saturated carbocycles. The summed E-state index contributed by atoms with van der Waals surface area (Å²) in [5, 5.41) is 1.89. The first-order valence-corrected chi connectivity index (χ1v) is 12.0. The SMILES string of the molecule is CCc1nc(N(CCC(=O)N2CCCC2)CCc2ccccc2)c2cc(Cl)cc(Cl)c2n1. The molecule has 1 amide bonds. The van der Waals surface area contributed by atoms with Crippen molar-refractivity contribution < 1.29 is 4.79 Å². The number of fused-ring (bicyclic) bond motifs is 1. The zero-order chi connectivity index (χ0) is 22.5. The summed E-state index contributed by atoms with van der Waals surface area (Å²) in [4.78, 5) is 26.4. The first-order valence-electron chi connectivity index (χ1n) is 11.3. The predicted molar refractivity (Wildman–Crippen MR) is 132 cm³/mol. The van der Waals surface area contributed by atoms with Gasteiger partial charge in [0.05, 0.1) is 10.5 Å². The van der Waals surface area contributed by atoms with Crippen molar-refractivity contribution in [3.63, 3.8) is 0 Å². The molecule has 1 aliphatic heterocycles. The third kappa shape index (κ3) is 5.33. The molecule has 5 nitrogen and oxygen atoms in total. The molecule has 0 atom stereocenters. The van der Waals surface area contributed by atoms with E-state index in [1.165, 1.54) is 5.56 Å². The van der Waals surface area contributed by atoms with Crippen LogP contribution in [-0.2, 0) is 17.6 Å². The number of likely N-dealkylation sites (tertiary alicyclic amines) is 1. The molecule has 0 unspecified atom stereocenters. The van der Waals surface area contributed by atoms with Crippen molar-refractivity contribution in [3.05, 3.63) is 63.9 Å². The molecule has 0 aliphatic carbocycles. The van der Waals surface area contributed by atoms with Gasteiger partial charge in [-0.05, 0) is 37.0 Å². The average molecular weight is 471 g/mol. The lowest BCUT2D eigenvalue weighted by Crippen LogP contribution is -2.34. The van der Waals surface area contributed by atoms with Crippen molar-refractivity contribution in [2.24, 2.45) is 0 Å². The van der Waals surface area contributed by atoms with Crippen molar-refractivity contribution in [2.75, 3.05) is 31.1 Å². The molecular weight excluding hydrogens is 443 g/mol. The first kappa shape index (κ1) is 22.8. The molecule has 168 valence electrons. The number of carbonyl (C=O) groups is 1. The molecule has 4 rings (SSSR count). The van der Waals surface area contributed by atoms with Crippen LogP contribution in [0.2, 0.25) is 10.0 Å². The Morgan fingerprint density at radius 1 is 1.06 bits per heavy atom. The number of hydrogen-bond donors (Lipinski definition) is 0. The molecule has 2 aromatic carbocycles. The molecule has 0 bridgehead atoms. The third-order valence-electron chi connectivity index (χ3n) is 5.93. The number of benzene rings is 2. The Kier molecular flexibility index (Phi) is 7.48. The number of aryl methyl sites for hydroxylation is 1. The number of anilines is 1. The van der Waals surface area contributed by atoms with Gasteiger partial charge in [-0.25, -0.2) is 9.97 Å². The minimum Gasteiger partial charge on any atom is -0.355 e. The van der Waals surface area contributed by atoms with Gasteiger partial charge >= 0.3 is 0 Å². The second-order valence-electron chi connectivity index (χ2n) is 8.16. The van der Waals surface area contributed by atoms with E-state index in [1.807, 2.05) is 36.1 Å². The lowest BCUT2D eigenvalue weighted by molar-refractivity contribution is -0.129. The molecule has 0 radical (unpaired) electrons. The average Bonchev–Trinajstić information content (AvgIpc) is 3.34. The summed E-state index contributed by atoms with van der Waals surface area (Å²) in [5.74, 6) is 1.73. The molecule has 0 N–H and O–H groups in total. The molecule has 0 spiro atoms. The summed E-state index contributed by atoms with van der Waals surface area (Å²) in [5.41, 5.74) is 1.95. The normalized spacial score (nSPS) is 13.7. The fourth-order valence-electron chi connectivity index (χ4n) is 4.17. The number of carbonyl (C=O) groups excluding carboxylic acids is 1. The molecule has 2 heterocycles. The maximum atomic E-state index is 12.8. The Morgan fingerprint density at radius 3 is 2.53 bits per heavy atom. The highest BCUT2D eigenvalue weighted by molar-refractivity contribution is 6.38. The Hall–Kier alpha value is -2.37. The van der Waals surface area contributed by atoms with Gasteiger partial charge in [-0.15, -0.1) is 0 Å². The maximum Gasteiger partial charge on any atom is 0.224 e.